The Hall–Kier alpha value is -0.680. The zero-order valence-corrected chi connectivity index (χ0v) is 8.64. The van der Waals surface area contributed by atoms with Crippen LogP contribution in [0.3, 0.4) is 0 Å². The van der Waals surface area contributed by atoms with Crippen molar-refractivity contribution in [2.24, 2.45) is 5.73 Å². The molecule has 1 heterocycles. The molecular formula is C7H14N4S. The molecule has 1 aromatic heterocycles. The molecule has 0 radical (unpaired) electrons. The normalized spacial score (nSPS) is 11.8. The molecule has 0 aliphatic carbocycles. The Balaban J connectivity index is 2.92. The van der Waals surface area contributed by atoms with E-state index in [1.54, 1.807) is 0 Å². The van der Waals surface area contributed by atoms with Crippen LogP contribution in [0.15, 0.2) is 0 Å². The molecule has 0 amide bonds. The molecule has 0 saturated carbocycles. The summed E-state index contributed by atoms with van der Waals surface area (Å²) in [5.74, 6) is 0. The van der Waals surface area contributed by atoms with Gasteiger partial charge in [-0.25, -0.2) is 0 Å². The topological polar surface area (TPSA) is 55.0 Å². The fourth-order valence-electron chi connectivity index (χ4n) is 0.657. The maximum Gasteiger partial charge on any atom is 0.207 e. The second-order valence-electron chi connectivity index (χ2n) is 3.51. The van der Waals surface area contributed by atoms with Gasteiger partial charge in [-0.15, -0.1) is 10.2 Å². The predicted octanol–water partition coefficient (Wildman–Crippen LogP) is 0.798. The number of hydrogen-bond acceptors (Lipinski definition) is 5. The fourth-order valence-corrected chi connectivity index (χ4v) is 1.44. The molecule has 12 heavy (non-hydrogen) atoms. The molecule has 0 spiro atoms. The standard InChI is InChI=1S/C7H14N4S/c1-7(2,8)5-9-10-6(12-5)11(3)4/h8H2,1-4H3. The number of hydrogen-bond donors (Lipinski definition) is 1. The Morgan fingerprint density at radius 3 is 2.17 bits per heavy atom. The van der Waals surface area contributed by atoms with Gasteiger partial charge in [0, 0.05) is 14.1 Å². The van der Waals surface area contributed by atoms with Crippen LogP contribution in [-0.2, 0) is 5.54 Å². The first-order valence-electron chi connectivity index (χ1n) is 3.71. The molecule has 1 aromatic rings. The summed E-state index contributed by atoms with van der Waals surface area (Å²) < 4.78 is 0. The van der Waals surface area contributed by atoms with Crippen LogP contribution in [0, 0.1) is 0 Å². The summed E-state index contributed by atoms with van der Waals surface area (Å²) in [5.41, 5.74) is 5.48. The molecule has 0 bridgehead atoms. The van der Waals surface area contributed by atoms with Crippen molar-refractivity contribution in [3.63, 3.8) is 0 Å². The summed E-state index contributed by atoms with van der Waals surface area (Å²) in [7, 11) is 3.88. The summed E-state index contributed by atoms with van der Waals surface area (Å²) in [5, 5.41) is 9.77. The third-order valence-electron chi connectivity index (χ3n) is 1.35. The maximum absolute atomic E-state index is 5.86. The summed E-state index contributed by atoms with van der Waals surface area (Å²) in [6.07, 6.45) is 0. The molecule has 0 aliphatic rings. The molecule has 2 N–H and O–H groups in total. The van der Waals surface area contributed by atoms with Crippen molar-refractivity contribution < 1.29 is 0 Å². The number of nitrogens with zero attached hydrogens (tertiary/aromatic N) is 3. The molecule has 0 aromatic carbocycles. The van der Waals surface area contributed by atoms with Gasteiger partial charge in [0.15, 0.2) is 0 Å². The van der Waals surface area contributed by atoms with Crippen molar-refractivity contribution in [1.82, 2.24) is 10.2 Å². The van der Waals surface area contributed by atoms with Crippen LogP contribution >= 0.6 is 11.3 Å². The number of anilines is 1. The van der Waals surface area contributed by atoms with E-state index in [1.807, 2.05) is 32.8 Å². The van der Waals surface area contributed by atoms with Gasteiger partial charge in [-0.05, 0) is 13.8 Å². The first kappa shape index (κ1) is 9.41. The van der Waals surface area contributed by atoms with Crippen LogP contribution in [0.1, 0.15) is 18.9 Å². The van der Waals surface area contributed by atoms with Crippen molar-refractivity contribution in [2.45, 2.75) is 19.4 Å². The van der Waals surface area contributed by atoms with E-state index >= 15 is 0 Å². The molecule has 1 rings (SSSR count). The van der Waals surface area contributed by atoms with Gasteiger partial charge >= 0.3 is 0 Å². The molecule has 0 saturated heterocycles. The number of aromatic nitrogens is 2. The smallest absolute Gasteiger partial charge is 0.207 e. The minimum Gasteiger partial charge on any atom is -0.353 e. The van der Waals surface area contributed by atoms with Gasteiger partial charge in [-0.1, -0.05) is 11.3 Å². The summed E-state index contributed by atoms with van der Waals surface area (Å²) in [6, 6.07) is 0. The fraction of sp³-hybridized carbons (Fsp3) is 0.714. The van der Waals surface area contributed by atoms with Gasteiger partial charge in [-0.3, -0.25) is 0 Å². The largest absolute Gasteiger partial charge is 0.353 e. The first-order valence-corrected chi connectivity index (χ1v) is 4.53. The summed E-state index contributed by atoms with van der Waals surface area (Å²) in [6.45, 7) is 3.85. The van der Waals surface area contributed by atoms with E-state index in [-0.39, 0.29) is 5.54 Å². The lowest BCUT2D eigenvalue weighted by Gasteiger charge is -2.13. The second-order valence-corrected chi connectivity index (χ2v) is 4.46. The molecule has 5 heteroatoms. The molecule has 0 unspecified atom stereocenters. The van der Waals surface area contributed by atoms with Gasteiger partial charge in [0.1, 0.15) is 5.01 Å². The summed E-state index contributed by atoms with van der Waals surface area (Å²) >= 11 is 1.53. The van der Waals surface area contributed by atoms with Gasteiger partial charge in [0.05, 0.1) is 5.54 Å². The van der Waals surface area contributed by atoms with Crippen LogP contribution < -0.4 is 10.6 Å². The highest BCUT2D eigenvalue weighted by Crippen LogP contribution is 2.25. The van der Waals surface area contributed by atoms with Crippen LogP contribution in [-0.4, -0.2) is 24.3 Å². The van der Waals surface area contributed by atoms with E-state index in [0.29, 0.717) is 0 Å². The highest BCUT2D eigenvalue weighted by molar-refractivity contribution is 7.15. The molecular weight excluding hydrogens is 172 g/mol. The molecule has 68 valence electrons. The Morgan fingerprint density at radius 2 is 1.92 bits per heavy atom. The zero-order chi connectivity index (χ0) is 9.35. The Morgan fingerprint density at radius 1 is 1.33 bits per heavy atom. The monoisotopic (exact) mass is 186 g/mol. The molecule has 0 atom stereocenters. The van der Waals surface area contributed by atoms with E-state index in [4.69, 9.17) is 5.73 Å². The summed E-state index contributed by atoms with van der Waals surface area (Å²) in [4.78, 5) is 1.92. The quantitative estimate of drug-likeness (QED) is 0.742. The van der Waals surface area contributed by atoms with E-state index in [1.165, 1.54) is 11.3 Å². The van der Waals surface area contributed by atoms with Gasteiger partial charge in [0.25, 0.3) is 0 Å². The third-order valence-corrected chi connectivity index (χ3v) is 2.78. The van der Waals surface area contributed by atoms with Crippen molar-refractivity contribution in [3.8, 4) is 0 Å². The van der Waals surface area contributed by atoms with Crippen LogP contribution in [0.4, 0.5) is 5.13 Å². The van der Waals surface area contributed by atoms with Crippen LogP contribution in [0.2, 0.25) is 0 Å². The van der Waals surface area contributed by atoms with Gasteiger partial charge in [0.2, 0.25) is 5.13 Å². The number of nitrogens with two attached hydrogens (primary N) is 1. The molecule has 0 aliphatic heterocycles. The van der Waals surface area contributed by atoms with Crippen LogP contribution in [0.25, 0.3) is 0 Å². The van der Waals surface area contributed by atoms with Gasteiger partial charge in [-0.2, -0.15) is 0 Å². The minimum absolute atomic E-state index is 0.383. The lowest BCUT2D eigenvalue weighted by molar-refractivity contribution is 0.544. The van der Waals surface area contributed by atoms with E-state index in [0.717, 1.165) is 10.1 Å². The highest BCUT2D eigenvalue weighted by atomic mass is 32.1. The third kappa shape index (κ3) is 1.92. The SMILES string of the molecule is CN(C)c1nnc(C(C)(C)N)s1. The number of rotatable bonds is 2. The average Bonchev–Trinajstić information content (AvgIpc) is 2.30. The second kappa shape index (κ2) is 2.99. The lowest BCUT2D eigenvalue weighted by atomic mass is 10.1. The van der Waals surface area contributed by atoms with Gasteiger partial charge < -0.3 is 10.6 Å². The van der Waals surface area contributed by atoms with Crippen molar-refractivity contribution >= 4 is 16.5 Å². The van der Waals surface area contributed by atoms with E-state index in [9.17, 15) is 0 Å². The van der Waals surface area contributed by atoms with Crippen molar-refractivity contribution in [2.75, 3.05) is 19.0 Å². The first-order chi connectivity index (χ1) is 5.41. The van der Waals surface area contributed by atoms with E-state index in [2.05, 4.69) is 10.2 Å². The Bertz CT molecular complexity index is 261. The Labute approximate surface area is 76.4 Å². The zero-order valence-electron chi connectivity index (χ0n) is 7.83. The van der Waals surface area contributed by atoms with Crippen molar-refractivity contribution in [1.29, 1.82) is 0 Å². The lowest BCUT2D eigenvalue weighted by Crippen LogP contribution is -2.28. The predicted molar refractivity (Wildman–Crippen MR) is 51.4 cm³/mol. The van der Waals surface area contributed by atoms with Crippen molar-refractivity contribution in [3.05, 3.63) is 5.01 Å². The highest BCUT2D eigenvalue weighted by Gasteiger charge is 2.20. The molecule has 0 fully saturated rings. The Kier molecular flexibility index (Phi) is 2.34. The average molecular weight is 186 g/mol. The molecule has 4 nitrogen and oxygen atoms in total. The van der Waals surface area contributed by atoms with E-state index < -0.39 is 0 Å². The maximum atomic E-state index is 5.86. The minimum atomic E-state index is -0.383. The van der Waals surface area contributed by atoms with Crippen LogP contribution in [0.5, 0.6) is 0 Å².